The van der Waals surface area contributed by atoms with Crippen LogP contribution in [-0.4, -0.2) is 28.2 Å². The summed E-state index contributed by atoms with van der Waals surface area (Å²) in [6.45, 7) is 1.16. The van der Waals surface area contributed by atoms with E-state index in [0.29, 0.717) is 18.8 Å². The van der Waals surface area contributed by atoms with Gasteiger partial charge in [-0.05, 0) is 17.9 Å². The van der Waals surface area contributed by atoms with E-state index in [1.807, 2.05) is 0 Å². The van der Waals surface area contributed by atoms with E-state index in [1.54, 1.807) is 0 Å². The van der Waals surface area contributed by atoms with E-state index < -0.39 is 4.92 Å². The fourth-order valence-corrected chi connectivity index (χ4v) is 0.873. The molecule has 0 bridgehead atoms. The summed E-state index contributed by atoms with van der Waals surface area (Å²) in [4.78, 5) is 9.87. The van der Waals surface area contributed by atoms with E-state index in [2.05, 4.69) is 15.5 Å². The quantitative estimate of drug-likeness (QED) is 0.342. The molecule has 1 aromatic rings. The Kier molecular flexibility index (Phi) is 3.21. The van der Waals surface area contributed by atoms with Gasteiger partial charge in [-0.3, -0.25) is 0 Å². The van der Waals surface area contributed by atoms with Gasteiger partial charge in [-0.25, -0.2) is 0 Å². The van der Waals surface area contributed by atoms with Crippen molar-refractivity contribution in [1.82, 2.24) is 10.2 Å². The maximum absolute atomic E-state index is 10.4. The number of aromatic amines is 1. The van der Waals surface area contributed by atoms with Crippen molar-refractivity contribution in [1.29, 1.82) is 0 Å². The topological polar surface area (TPSA) is 110 Å². The summed E-state index contributed by atoms with van der Waals surface area (Å²) in [5.41, 5.74) is 5.67. The maximum Gasteiger partial charge on any atom is 0.366 e. The molecular formula is C6H11N5O2. The van der Waals surface area contributed by atoms with Crippen LogP contribution in [0.15, 0.2) is 6.20 Å². The highest BCUT2D eigenvalue weighted by Gasteiger charge is 2.13. The summed E-state index contributed by atoms with van der Waals surface area (Å²) < 4.78 is 0. The second-order valence-corrected chi connectivity index (χ2v) is 2.46. The third kappa shape index (κ3) is 2.41. The van der Waals surface area contributed by atoms with Gasteiger partial charge in [0.15, 0.2) is 5.69 Å². The molecule has 0 atom stereocenters. The Morgan fingerprint density at radius 3 is 3.15 bits per heavy atom. The summed E-state index contributed by atoms with van der Waals surface area (Å²) >= 11 is 0. The number of aromatic nitrogens is 2. The molecule has 1 heterocycles. The summed E-state index contributed by atoms with van der Waals surface area (Å²) in [5, 5.41) is 19.1. The molecule has 1 aromatic heterocycles. The number of rotatable bonds is 5. The molecule has 0 fully saturated rings. The first-order chi connectivity index (χ1) is 6.25. The number of nitrogens with one attached hydrogen (secondary N) is 2. The zero-order valence-electron chi connectivity index (χ0n) is 6.99. The average molecular weight is 185 g/mol. The molecule has 4 N–H and O–H groups in total. The van der Waals surface area contributed by atoms with Gasteiger partial charge >= 0.3 is 5.82 Å². The van der Waals surface area contributed by atoms with Gasteiger partial charge in [0.2, 0.25) is 0 Å². The largest absolute Gasteiger partial charge is 0.377 e. The minimum absolute atomic E-state index is 0.114. The Bertz CT molecular complexity index is 284. The Balaban J connectivity index is 2.55. The third-order valence-corrected chi connectivity index (χ3v) is 1.50. The van der Waals surface area contributed by atoms with Crippen molar-refractivity contribution < 1.29 is 4.92 Å². The predicted molar refractivity (Wildman–Crippen MR) is 47.4 cm³/mol. The Morgan fingerprint density at radius 1 is 1.77 bits per heavy atom. The van der Waals surface area contributed by atoms with Crippen LogP contribution in [0.3, 0.4) is 0 Å². The number of anilines is 1. The van der Waals surface area contributed by atoms with Gasteiger partial charge in [0.1, 0.15) is 6.20 Å². The van der Waals surface area contributed by atoms with Gasteiger partial charge in [-0.2, -0.15) is 0 Å². The van der Waals surface area contributed by atoms with E-state index in [1.165, 1.54) is 6.20 Å². The Labute approximate surface area is 74.5 Å². The average Bonchev–Trinajstić information content (AvgIpc) is 2.53. The summed E-state index contributed by atoms with van der Waals surface area (Å²) in [6, 6.07) is 0. The molecule has 0 aromatic carbocycles. The normalized spacial score (nSPS) is 9.92. The molecule has 13 heavy (non-hydrogen) atoms. The first-order valence-electron chi connectivity index (χ1n) is 3.87. The van der Waals surface area contributed by atoms with Crippen molar-refractivity contribution in [2.24, 2.45) is 5.73 Å². The molecule has 0 aliphatic rings. The van der Waals surface area contributed by atoms with Crippen LogP contribution in [0.5, 0.6) is 0 Å². The first kappa shape index (κ1) is 9.46. The standard InChI is InChI=1S/C6H11N5O2/c7-2-1-3-8-5-4-9-10-6(5)11(12)13/h4,8H,1-3,7H2,(H,9,10). The molecule has 7 heteroatoms. The second kappa shape index (κ2) is 4.41. The zero-order valence-corrected chi connectivity index (χ0v) is 6.99. The van der Waals surface area contributed by atoms with Crippen molar-refractivity contribution in [2.45, 2.75) is 6.42 Å². The maximum atomic E-state index is 10.4. The Hall–Kier alpha value is -1.63. The number of hydrogen-bond acceptors (Lipinski definition) is 5. The van der Waals surface area contributed by atoms with Crippen LogP contribution >= 0.6 is 0 Å². The third-order valence-electron chi connectivity index (χ3n) is 1.50. The highest BCUT2D eigenvalue weighted by molar-refractivity contribution is 5.55. The second-order valence-electron chi connectivity index (χ2n) is 2.46. The fraction of sp³-hybridized carbons (Fsp3) is 0.500. The fourth-order valence-electron chi connectivity index (χ4n) is 0.873. The predicted octanol–water partition coefficient (Wildman–Crippen LogP) is 0.0786. The van der Waals surface area contributed by atoms with E-state index in [0.717, 1.165) is 6.42 Å². The van der Waals surface area contributed by atoms with Crippen LogP contribution in [0.2, 0.25) is 0 Å². The van der Waals surface area contributed by atoms with Crippen molar-refractivity contribution >= 4 is 11.5 Å². The summed E-state index contributed by atoms with van der Waals surface area (Å²) in [5.74, 6) is -0.114. The number of nitrogens with two attached hydrogens (primary N) is 1. The molecule has 7 nitrogen and oxygen atoms in total. The molecule has 0 radical (unpaired) electrons. The van der Waals surface area contributed by atoms with Crippen molar-refractivity contribution in [2.75, 3.05) is 18.4 Å². The Morgan fingerprint density at radius 2 is 2.54 bits per heavy atom. The van der Waals surface area contributed by atoms with Crippen molar-refractivity contribution in [3.63, 3.8) is 0 Å². The SMILES string of the molecule is NCCCNc1cn[nH]c1[N+](=O)[O-]. The first-order valence-corrected chi connectivity index (χ1v) is 3.87. The van der Waals surface area contributed by atoms with Gasteiger partial charge in [0.25, 0.3) is 0 Å². The molecule has 0 aliphatic heterocycles. The van der Waals surface area contributed by atoms with Crippen molar-refractivity contribution in [3.8, 4) is 0 Å². The number of nitro groups is 1. The minimum atomic E-state index is -0.516. The van der Waals surface area contributed by atoms with Gasteiger partial charge in [-0.1, -0.05) is 5.10 Å². The lowest BCUT2D eigenvalue weighted by molar-refractivity contribution is -0.388. The molecule has 0 aliphatic carbocycles. The monoisotopic (exact) mass is 185 g/mol. The molecule has 0 saturated carbocycles. The van der Waals surface area contributed by atoms with Crippen LogP contribution in [0.25, 0.3) is 0 Å². The van der Waals surface area contributed by atoms with Crippen LogP contribution in [0, 0.1) is 10.1 Å². The number of hydrogen-bond donors (Lipinski definition) is 3. The lowest BCUT2D eigenvalue weighted by atomic mass is 10.4. The number of nitrogens with zero attached hydrogens (tertiary/aromatic N) is 2. The summed E-state index contributed by atoms with van der Waals surface area (Å²) in [7, 11) is 0. The van der Waals surface area contributed by atoms with E-state index in [-0.39, 0.29) is 5.82 Å². The van der Waals surface area contributed by atoms with Gasteiger partial charge in [0, 0.05) is 6.54 Å². The van der Waals surface area contributed by atoms with E-state index >= 15 is 0 Å². The lowest BCUT2D eigenvalue weighted by Crippen LogP contribution is -2.08. The van der Waals surface area contributed by atoms with E-state index in [4.69, 9.17) is 5.73 Å². The highest BCUT2D eigenvalue weighted by Crippen LogP contribution is 2.18. The van der Waals surface area contributed by atoms with E-state index in [9.17, 15) is 10.1 Å². The molecular weight excluding hydrogens is 174 g/mol. The molecule has 0 amide bonds. The van der Waals surface area contributed by atoms with Crippen LogP contribution in [0.1, 0.15) is 6.42 Å². The highest BCUT2D eigenvalue weighted by atomic mass is 16.6. The van der Waals surface area contributed by atoms with Crippen LogP contribution in [-0.2, 0) is 0 Å². The van der Waals surface area contributed by atoms with Gasteiger partial charge < -0.3 is 21.2 Å². The minimum Gasteiger partial charge on any atom is -0.377 e. The van der Waals surface area contributed by atoms with Gasteiger partial charge in [-0.15, -0.1) is 5.10 Å². The smallest absolute Gasteiger partial charge is 0.366 e. The molecule has 0 spiro atoms. The van der Waals surface area contributed by atoms with Crippen LogP contribution in [0.4, 0.5) is 11.5 Å². The lowest BCUT2D eigenvalue weighted by Gasteiger charge is -2.00. The molecule has 72 valence electrons. The molecule has 0 saturated heterocycles. The number of H-pyrrole nitrogens is 1. The van der Waals surface area contributed by atoms with Gasteiger partial charge in [0.05, 0.1) is 0 Å². The van der Waals surface area contributed by atoms with Crippen molar-refractivity contribution in [3.05, 3.63) is 16.3 Å². The zero-order chi connectivity index (χ0) is 9.68. The molecule has 0 unspecified atom stereocenters. The van der Waals surface area contributed by atoms with Crippen LogP contribution < -0.4 is 11.1 Å². The molecule has 1 rings (SSSR count). The summed E-state index contributed by atoms with van der Waals surface area (Å²) in [6.07, 6.45) is 2.15.